The lowest BCUT2D eigenvalue weighted by molar-refractivity contribution is 0.112. The Morgan fingerprint density at radius 1 is 1.30 bits per heavy atom. The second kappa shape index (κ2) is 7.86. The Bertz CT molecular complexity index is 543. The second-order valence-electron chi connectivity index (χ2n) is 5.73. The van der Waals surface area contributed by atoms with Gasteiger partial charge in [-0.2, -0.15) is 0 Å². The van der Waals surface area contributed by atoms with Crippen molar-refractivity contribution in [2.45, 2.75) is 18.9 Å². The van der Waals surface area contributed by atoms with E-state index in [2.05, 4.69) is 15.5 Å². The lowest BCUT2D eigenvalue weighted by Crippen LogP contribution is -2.38. The third-order valence-corrected chi connectivity index (χ3v) is 4.31. The number of nitrogens with zero attached hydrogens (tertiary/aromatic N) is 1. The standard InChI is InChI=1S/C16H22ClN3O3/c17-12-3-4-15(20-5-8-22-9-6-20)14(10-12)19-16(21)18-11-13-2-1-7-23-13/h3-4,10,13H,1-2,5-9,11H2,(H2,18,19,21). The van der Waals surface area contributed by atoms with Gasteiger partial charge in [0, 0.05) is 31.3 Å². The van der Waals surface area contributed by atoms with Crippen LogP contribution in [0.25, 0.3) is 0 Å². The molecular weight excluding hydrogens is 318 g/mol. The van der Waals surface area contributed by atoms with Crippen LogP contribution in [-0.2, 0) is 9.47 Å². The zero-order valence-electron chi connectivity index (χ0n) is 13.0. The first-order valence-electron chi connectivity index (χ1n) is 8.01. The van der Waals surface area contributed by atoms with Gasteiger partial charge in [0.25, 0.3) is 0 Å². The number of hydrogen-bond acceptors (Lipinski definition) is 4. The van der Waals surface area contributed by atoms with Crippen LogP contribution in [0.4, 0.5) is 16.2 Å². The predicted octanol–water partition coefficient (Wildman–Crippen LogP) is 2.48. The number of hydrogen-bond donors (Lipinski definition) is 2. The van der Waals surface area contributed by atoms with Crippen LogP contribution in [-0.4, -0.2) is 51.6 Å². The number of anilines is 2. The molecule has 0 aromatic heterocycles. The molecule has 1 unspecified atom stereocenters. The monoisotopic (exact) mass is 339 g/mol. The van der Waals surface area contributed by atoms with Crippen LogP contribution in [0.15, 0.2) is 18.2 Å². The van der Waals surface area contributed by atoms with Crippen molar-refractivity contribution in [3.05, 3.63) is 23.2 Å². The molecule has 2 N–H and O–H groups in total. The summed E-state index contributed by atoms with van der Waals surface area (Å²) in [5.41, 5.74) is 1.68. The molecule has 1 atom stereocenters. The SMILES string of the molecule is O=C(NCC1CCCO1)Nc1cc(Cl)ccc1N1CCOCC1. The molecule has 126 valence electrons. The number of carbonyl (C=O) groups is 1. The van der Waals surface area contributed by atoms with Gasteiger partial charge in [-0.3, -0.25) is 0 Å². The lowest BCUT2D eigenvalue weighted by atomic mass is 10.2. The number of carbonyl (C=O) groups excluding carboxylic acids is 1. The minimum atomic E-state index is -0.239. The van der Waals surface area contributed by atoms with Gasteiger partial charge in [0.15, 0.2) is 0 Å². The van der Waals surface area contributed by atoms with Gasteiger partial charge in [-0.05, 0) is 31.0 Å². The van der Waals surface area contributed by atoms with Crippen LogP contribution in [0.1, 0.15) is 12.8 Å². The highest BCUT2D eigenvalue weighted by Gasteiger charge is 2.18. The normalized spacial score (nSPS) is 21.3. The summed E-state index contributed by atoms with van der Waals surface area (Å²) in [6.07, 6.45) is 2.18. The molecule has 0 bridgehead atoms. The van der Waals surface area contributed by atoms with Gasteiger partial charge >= 0.3 is 6.03 Å². The predicted molar refractivity (Wildman–Crippen MR) is 90.5 cm³/mol. The molecule has 2 saturated heterocycles. The molecule has 2 aliphatic rings. The fourth-order valence-electron chi connectivity index (χ4n) is 2.87. The maximum atomic E-state index is 12.2. The maximum absolute atomic E-state index is 12.2. The average molecular weight is 340 g/mol. The van der Waals surface area contributed by atoms with Crippen molar-refractivity contribution < 1.29 is 14.3 Å². The molecule has 0 radical (unpaired) electrons. The van der Waals surface area contributed by atoms with E-state index >= 15 is 0 Å². The van der Waals surface area contributed by atoms with Crippen molar-refractivity contribution in [1.29, 1.82) is 0 Å². The molecule has 2 aliphatic heterocycles. The highest BCUT2D eigenvalue weighted by atomic mass is 35.5. The molecule has 23 heavy (non-hydrogen) atoms. The number of amides is 2. The van der Waals surface area contributed by atoms with Crippen LogP contribution in [0, 0.1) is 0 Å². The first-order chi connectivity index (χ1) is 11.2. The van der Waals surface area contributed by atoms with E-state index in [1.807, 2.05) is 12.1 Å². The van der Waals surface area contributed by atoms with Crippen LogP contribution < -0.4 is 15.5 Å². The summed E-state index contributed by atoms with van der Waals surface area (Å²) >= 11 is 6.08. The lowest BCUT2D eigenvalue weighted by Gasteiger charge is -2.30. The molecule has 6 nitrogen and oxygen atoms in total. The average Bonchev–Trinajstić information content (AvgIpc) is 3.07. The van der Waals surface area contributed by atoms with Crippen molar-refractivity contribution in [3.63, 3.8) is 0 Å². The Kier molecular flexibility index (Phi) is 5.59. The van der Waals surface area contributed by atoms with Crippen LogP contribution >= 0.6 is 11.6 Å². The molecule has 0 aliphatic carbocycles. The van der Waals surface area contributed by atoms with Gasteiger partial charge in [0.05, 0.1) is 30.7 Å². The fourth-order valence-corrected chi connectivity index (χ4v) is 3.04. The molecule has 1 aromatic carbocycles. The number of halogens is 1. The number of urea groups is 1. The Hall–Kier alpha value is -1.50. The summed E-state index contributed by atoms with van der Waals surface area (Å²) < 4.78 is 10.9. The van der Waals surface area contributed by atoms with Gasteiger partial charge in [0.1, 0.15) is 0 Å². The summed E-state index contributed by atoms with van der Waals surface area (Å²) in [4.78, 5) is 14.3. The van der Waals surface area contributed by atoms with Crippen LogP contribution in [0.5, 0.6) is 0 Å². The summed E-state index contributed by atoms with van der Waals surface area (Å²) in [6.45, 7) is 4.28. The number of rotatable bonds is 4. The number of ether oxygens (including phenoxy) is 2. The summed E-state index contributed by atoms with van der Waals surface area (Å²) in [6, 6.07) is 5.31. The van der Waals surface area contributed by atoms with Gasteiger partial charge in [-0.15, -0.1) is 0 Å². The first kappa shape index (κ1) is 16.4. The largest absolute Gasteiger partial charge is 0.378 e. The Labute approximate surface area is 141 Å². The van der Waals surface area contributed by atoms with E-state index in [4.69, 9.17) is 21.1 Å². The molecule has 2 heterocycles. The topological polar surface area (TPSA) is 62.8 Å². The van der Waals surface area contributed by atoms with E-state index in [1.54, 1.807) is 6.07 Å². The summed E-state index contributed by atoms with van der Waals surface area (Å²) in [5, 5.41) is 6.36. The molecule has 1 aromatic rings. The van der Waals surface area contributed by atoms with E-state index in [1.165, 1.54) is 0 Å². The van der Waals surface area contributed by atoms with E-state index in [0.29, 0.717) is 30.5 Å². The maximum Gasteiger partial charge on any atom is 0.319 e. The van der Waals surface area contributed by atoms with E-state index < -0.39 is 0 Å². The van der Waals surface area contributed by atoms with Crippen LogP contribution in [0.3, 0.4) is 0 Å². The Morgan fingerprint density at radius 2 is 2.13 bits per heavy atom. The molecule has 2 amide bonds. The minimum Gasteiger partial charge on any atom is -0.378 e. The van der Waals surface area contributed by atoms with Crippen LogP contribution in [0.2, 0.25) is 5.02 Å². The number of benzene rings is 1. The van der Waals surface area contributed by atoms with Crippen molar-refractivity contribution in [2.24, 2.45) is 0 Å². The van der Waals surface area contributed by atoms with Gasteiger partial charge in [-0.1, -0.05) is 11.6 Å². The molecule has 3 rings (SSSR count). The van der Waals surface area contributed by atoms with Crippen molar-refractivity contribution >= 4 is 29.0 Å². The Balaban J connectivity index is 1.63. The quantitative estimate of drug-likeness (QED) is 0.884. The molecule has 0 saturated carbocycles. The summed E-state index contributed by atoms with van der Waals surface area (Å²) in [5.74, 6) is 0. The third-order valence-electron chi connectivity index (χ3n) is 4.07. The molecular formula is C16H22ClN3O3. The highest BCUT2D eigenvalue weighted by molar-refractivity contribution is 6.31. The zero-order valence-corrected chi connectivity index (χ0v) is 13.8. The molecule has 0 spiro atoms. The zero-order chi connectivity index (χ0) is 16.1. The number of nitrogens with one attached hydrogen (secondary N) is 2. The molecule has 2 fully saturated rings. The second-order valence-corrected chi connectivity index (χ2v) is 6.17. The van der Waals surface area contributed by atoms with E-state index in [0.717, 1.165) is 38.2 Å². The third kappa shape index (κ3) is 4.50. The fraction of sp³-hybridized carbons (Fsp3) is 0.562. The first-order valence-corrected chi connectivity index (χ1v) is 8.39. The minimum absolute atomic E-state index is 0.124. The Morgan fingerprint density at radius 3 is 2.87 bits per heavy atom. The smallest absolute Gasteiger partial charge is 0.319 e. The number of morpholine rings is 1. The van der Waals surface area contributed by atoms with Crippen molar-refractivity contribution in [3.8, 4) is 0 Å². The van der Waals surface area contributed by atoms with E-state index in [-0.39, 0.29) is 12.1 Å². The van der Waals surface area contributed by atoms with E-state index in [9.17, 15) is 4.79 Å². The van der Waals surface area contributed by atoms with Gasteiger partial charge in [-0.25, -0.2) is 4.79 Å². The summed E-state index contributed by atoms with van der Waals surface area (Å²) in [7, 11) is 0. The van der Waals surface area contributed by atoms with Crippen molar-refractivity contribution in [2.75, 3.05) is 49.7 Å². The van der Waals surface area contributed by atoms with Gasteiger partial charge in [0.2, 0.25) is 0 Å². The van der Waals surface area contributed by atoms with Gasteiger partial charge < -0.3 is 25.0 Å². The highest BCUT2D eigenvalue weighted by Crippen LogP contribution is 2.29. The molecule has 7 heteroatoms. The van der Waals surface area contributed by atoms with Crippen molar-refractivity contribution in [1.82, 2.24) is 5.32 Å².